The Morgan fingerprint density at radius 2 is 1.92 bits per heavy atom. The first-order chi connectivity index (χ1) is 11.3. The van der Waals surface area contributed by atoms with Gasteiger partial charge in [-0.3, -0.25) is 9.48 Å². The number of hydrogen-bond donors (Lipinski definition) is 0. The van der Waals surface area contributed by atoms with Gasteiger partial charge in [0.15, 0.2) is 0 Å². The van der Waals surface area contributed by atoms with Gasteiger partial charge < -0.3 is 4.90 Å². The van der Waals surface area contributed by atoms with Crippen LogP contribution >= 0.6 is 0 Å². The van der Waals surface area contributed by atoms with E-state index < -0.39 is 10.0 Å². The minimum absolute atomic E-state index is 0.0761. The number of aromatic nitrogens is 2. The van der Waals surface area contributed by atoms with Crippen LogP contribution in [0.25, 0.3) is 0 Å². The highest BCUT2D eigenvalue weighted by molar-refractivity contribution is 7.89. The van der Waals surface area contributed by atoms with Gasteiger partial charge in [-0.15, -0.1) is 0 Å². The highest BCUT2D eigenvalue weighted by atomic mass is 32.2. The van der Waals surface area contributed by atoms with Crippen molar-refractivity contribution in [2.75, 3.05) is 30.3 Å². The second-order valence-corrected chi connectivity index (χ2v) is 9.35. The van der Waals surface area contributed by atoms with Crippen LogP contribution in [-0.4, -0.2) is 53.8 Å². The molecule has 1 aliphatic carbocycles. The predicted molar refractivity (Wildman–Crippen MR) is 92.1 cm³/mol. The molecule has 0 atom stereocenters. The minimum Gasteiger partial charge on any atom is -0.307 e. The number of piperazine rings is 1. The molecule has 0 spiro atoms. The van der Waals surface area contributed by atoms with Crippen LogP contribution in [0.1, 0.15) is 39.0 Å². The number of sulfonamides is 1. The molecule has 134 valence electrons. The van der Waals surface area contributed by atoms with E-state index in [0.717, 1.165) is 31.4 Å². The Morgan fingerprint density at radius 1 is 1.21 bits per heavy atom. The van der Waals surface area contributed by atoms with Crippen LogP contribution in [0.5, 0.6) is 0 Å². The fourth-order valence-corrected chi connectivity index (χ4v) is 5.81. The number of anilines is 1. The van der Waals surface area contributed by atoms with E-state index in [9.17, 15) is 13.2 Å². The zero-order chi connectivity index (χ0) is 17.4. The fourth-order valence-electron chi connectivity index (χ4n) is 3.79. The van der Waals surface area contributed by atoms with E-state index in [-0.39, 0.29) is 23.6 Å². The molecule has 1 aliphatic heterocycles. The van der Waals surface area contributed by atoms with Crippen molar-refractivity contribution in [3.05, 3.63) is 12.4 Å². The Bertz CT molecular complexity index is 707. The van der Waals surface area contributed by atoms with Crippen LogP contribution in [0.4, 0.5) is 5.69 Å². The molecule has 8 heteroatoms. The lowest BCUT2D eigenvalue weighted by molar-refractivity contribution is -0.120. The summed E-state index contributed by atoms with van der Waals surface area (Å²) in [5.41, 5.74) is 0.569. The van der Waals surface area contributed by atoms with Gasteiger partial charge in [0.05, 0.1) is 24.2 Å². The van der Waals surface area contributed by atoms with Gasteiger partial charge in [0.25, 0.3) is 0 Å². The van der Waals surface area contributed by atoms with Gasteiger partial charge in [-0.05, 0) is 18.3 Å². The van der Waals surface area contributed by atoms with E-state index >= 15 is 0 Å². The standard InChI is InChI=1S/C16H26N4O3S/c1-16(6-4-3-5-7-16)13-24(22,23)19-8-9-20(15(21)12-19)14-10-17-18(2)11-14/h10-11H,3-9,12-13H2,1-2H3. The third kappa shape index (κ3) is 3.64. The molecule has 1 saturated heterocycles. The third-order valence-electron chi connectivity index (χ3n) is 5.17. The molecule has 0 aromatic carbocycles. The first kappa shape index (κ1) is 17.4. The largest absolute Gasteiger partial charge is 0.307 e. The summed E-state index contributed by atoms with van der Waals surface area (Å²) in [7, 11) is -1.62. The molecular weight excluding hydrogens is 328 g/mol. The van der Waals surface area contributed by atoms with E-state index in [1.165, 1.54) is 10.7 Å². The number of nitrogens with zero attached hydrogens (tertiary/aromatic N) is 4. The van der Waals surface area contributed by atoms with Crippen LogP contribution < -0.4 is 4.90 Å². The molecule has 0 unspecified atom stereocenters. The Kier molecular flexibility index (Phi) is 4.70. The molecule has 2 fully saturated rings. The second kappa shape index (κ2) is 6.48. The summed E-state index contributed by atoms with van der Waals surface area (Å²) < 4.78 is 28.6. The molecule has 3 rings (SSSR count). The molecule has 0 radical (unpaired) electrons. The molecule has 1 aromatic rings. The van der Waals surface area contributed by atoms with Gasteiger partial charge in [-0.1, -0.05) is 26.2 Å². The van der Waals surface area contributed by atoms with Gasteiger partial charge in [0.2, 0.25) is 15.9 Å². The van der Waals surface area contributed by atoms with Crippen LogP contribution in [0, 0.1) is 5.41 Å². The first-order valence-electron chi connectivity index (χ1n) is 8.56. The summed E-state index contributed by atoms with van der Waals surface area (Å²) >= 11 is 0. The smallest absolute Gasteiger partial charge is 0.242 e. The van der Waals surface area contributed by atoms with Gasteiger partial charge in [-0.2, -0.15) is 9.40 Å². The van der Waals surface area contributed by atoms with E-state index in [1.54, 1.807) is 29.0 Å². The molecule has 1 amide bonds. The van der Waals surface area contributed by atoms with Crippen LogP contribution in [0.15, 0.2) is 12.4 Å². The van der Waals surface area contributed by atoms with Crippen molar-refractivity contribution in [2.45, 2.75) is 39.0 Å². The van der Waals surface area contributed by atoms with Crippen molar-refractivity contribution < 1.29 is 13.2 Å². The number of amides is 1. The lowest BCUT2D eigenvalue weighted by Gasteiger charge is -2.37. The van der Waals surface area contributed by atoms with Crippen LogP contribution in [-0.2, 0) is 21.9 Å². The molecule has 1 aromatic heterocycles. The third-order valence-corrected chi connectivity index (χ3v) is 7.33. The molecule has 0 N–H and O–H groups in total. The maximum atomic E-state index is 12.8. The minimum atomic E-state index is -3.41. The molecule has 24 heavy (non-hydrogen) atoms. The van der Waals surface area contributed by atoms with E-state index in [2.05, 4.69) is 12.0 Å². The lowest BCUT2D eigenvalue weighted by Crippen LogP contribution is -2.53. The Balaban J connectivity index is 1.67. The highest BCUT2D eigenvalue weighted by Crippen LogP contribution is 2.37. The average Bonchev–Trinajstić information content (AvgIpc) is 2.93. The average molecular weight is 354 g/mol. The Morgan fingerprint density at radius 3 is 2.50 bits per heavy atom. The SMILES string of the molecule is Cn1cc(N2CCN(S(=O)(=O)CC3(C)CCCCC3)CC2=O)cn1. The van der Waals surface area contributed by atoms with Gasteiger partial charge >= 0.3 is 0 Å². The summed E-state index contributed by atoms with van der Waals surface area (Å²) in [6.45, 7) is 2.71. The van der Waals surface area contributed by atoms with E-state index in [0.29, 0.717) is 13.1 Å². The van der Waals surface area contributed by atoms with Gasteiger partial charge in [0.1, 0.15) is 0 Å². The summed E-state index contributed by atoms with van der Waals surface area (Å²) in [5, 5.41) is 4.07. The van der Waals surface area contributed by atoms with Crippen molar-refractivity contribution >= 4 is 21.6 Å². The molecule has 2 heterocycles. The molecular formula is C16H26N4O3S. The normalized spacial score (nSPS) is 22.8. The maximum absolute atomic E-state index is 12.8. The summed E-state index contributed by atoms with van der Waals surface area (Å²) in [5.74, 6) is -0.0354. The first-order valence-corrected chi connectivity index (χ1v) is 10.2. The van der Waals surface area contributed by atoms with Crippen molar-refractivity contribution in [1.29, 1.82) is 0 Å². The van der Waals surface area contributed by atoms with Crippen molar-refractivity contribution in [1.82, 2.24) is 14.1 Å². The van der Waals surface area contributed by atoms with Crippen LogP contribution in [0.2, 0.25) is 0 Å². The fraction of sp³-hybridized carbons (Fsp3) is 0.750. The topological polar surface area (TPSA) is 75.5 Å². The van der Waals surface area contributed by atoms with Crippen molar-refractivity contribution in [3.8, 4) is 0 Å². The number of rotatable bonds is 4. The van der Waals surface area contributed by atoms with E-state index in [1.807, 2.05) is 0 Å². The number of aryl methyl sites for hydroxylation is 1. The summed E-state index contributed by atoms with van der Waals surface area (Å²) in [6, 6.07) is 0. The number of hydrogen-bond acceptors (Lipinski definition) is 4. The summed E-state index contributed by atoms with van der Waals surface area (Å²) in [6.07, 6.45) is 8.69. The highest BCUT2D eigenvalue weighted by Gasteiger charge is 2.38. The number of carbonyl (C=O) groups is 1. The molecule has 0 bridgehead atoms. The van der Waals surface area contributed by atoms with Crippen molar-refractivity contribution in [3.63, 3.8) is 0 Å². The molecule has 1 saturated carbocycles. The predicted octanol–water partition coefficient (Wildman–Crippen LogP) is 1.37. The Labute approximate surface area is 143 Å². The second-order valence-electron chi connectivity index (χ2n) is 7.38. The van der Waals surface area contributed by atoms with E-state index in [4.69, 9.17) is 0 Å². The van der Waals surface area contributed by atoms with Crippen LogP contribution in [0.3, 0.4) is 0 Å². The zero-order valence-electron chi connectivity index (χ0n) is 14.4. The Hall–Kier alpha value is -1.41. The number of carbonyl (C=O) groups excluding carboxylic acids is 1. The molecule has 7 nitrogen and oxygen atoms in total. The maximum Gasteiger partial charge on any atom is 0.242 e. The lowest BCUT2D eigenvalue weighted by atomic mass is 9.77. The molecule has 2 aliphatic rings. The van der Waals surface area contributed by atoms with Gasteiger partial charge in [-0.25, -0.2) is 8.42 Å². The summed E-state index contributed by atoms with van der Waals surface area (Å²) in [4.78, 5) is 14.0. The monoisotopic (exact) mass is 354 g/mol. The quantitative estimate of drug-likeness (QED) is 0.818. The van der Waals surface area contributed by atoms with Crippen molar-refractivity contribution in [2.24, 2.45) is 12.5 Å². The van der Waals surface area contributed by atoms with Gasteiger partial charge in [0, 0.05) is 26.3 Å². The zero-order valence-corrected chi connectivity index (χ0v) is 15.3.